The summed E-state index contributed by atoms with van der Waals surface area (Å²) in [5, 5.41) is 13.3. The lowest BCUT2D eigenvalue weighted by Gasteiger charge is -2.12. The zero-order valence-electron chi connectivity index (χ0n) is 57.6. The van der Waals surface area contributed by atoms with E-state index in [2.05, 4.69) is 57.8 Å². The molecule has 0 aliphatic rings. The van der Waals surface area contributed by atoms with E-state index < -0.39 is 43.5 Å². The molecule has 546 valence electrons. The van der Waals surface area contributed by atoms with E-state index in [4.69, 9.17) is 58.0 Å². The van der Waals surface area contributed by atoms with Crippen LogP contribution in [-0.4, -0.2) is 77.9 Å². The average molecular weight is 1580 g/mol. The molecule has 0 saturated heterocycles. The molecule has 7 aromatic carbocycles. The van der Waals surface area contributed by atoms with Gasteiger partial charge in [0.2, 0.25) is 10.0 Å². The summed E-state index contributed by atoms with van der Waals surface area (Å²) < 4.78 is 86.1. The van der Waals surface area contributed by atoms with Gasteiger partial charge in [-0.15, -0.1) is 0 Å². The lowest BCUT2D eigenvalue weighted by atomic mass is 10.1. The van der Waals surface area contributed by atoms with Crippen LogP contribution in [0.4, 0.5) is 41.6 Å². The second-order valence-corrected chi connectivity index (χ2v) is 29.5. The van der Waals surface area contributed by atoms with Gasteiger partial charge < -0.3 is 21.3 Å². The summed E-state index contributed by atoms with van der Waals surface area (Å²) in [4.78, 5) is 70.8. The van der Waals surface area contributed by atoms with E-state index in [0.717, 1.165) is 53.4 Å². The standard InChI is InChI=1S/C20H15ClF3N3O.C20H17ClN2O3S.C20H17ClN2O.C19H15Cl2N3O3S/c1-11-3-7-17(25-10-11)15-9-13(4-6-16(15)21)27-19(28)14-5-8-18(20(22,23)24)26-12(14)2;1-13-3-10-19(22-12-13)17-11-15(6-9-18(17)21)23-20(24)14-4-7-16(8-5-14)27(2,25)26;1-2-14-6-8-15(9-7-14)20(24)23-16-10-11-18(21)17(13-16)19-5-3-4-12-22-19;1-28(26,27)24-13-5-7-14(17(21)11-13)19(25)23-12-6-8-16(20)15(10-12)18-4-2-3-9-22-18/h3-10H,1-2H3,(H,27,28);3-12H,1-2H3,(H,23,24);3-13H,2H2,1H3,(H,23,24);2-11,24H,1H3,(H,23,25). The van der Waals surface area contributed by atoms with Crippen LogP contribution in [0.15, 0.2) is 242 Å². The van der Waals surface area contributed by atoms with Crippen LogP contribution in [0.2, 0.25) is 25.1 Å². The minimum atomic E-state index is -4.56. The topological polar surface area (TPSA) is 261 Å². The largest absolute Gasteiger partial charge is 0.433 e. The number of alkyl halides is 3. The first kappa shape index (κ1) is 80.2. The highest BCUT2D eigenvalue weighted by Gasteiger charge is 2.33. The van der Waals surface area contributed by atoms with E-state index in [9.17, 15) is 49.2 Å². The molecule has 0 unspecified atom stereocenters. The quantitative estimate of drug-likeness (QED) is 0.0603. The molecule has 4 amide bonds. The summed E-state index contributed by atoms with van der Waals surface area (Å²) in [6.07, 6.45) is 5.36. The van der Waals surface area contributed by atoms with Crippen molar-refractivity contribution in [1.82, 2.24) is 24.9 Å². The number of rotatable bonds is 16. The number of sulfone groups is 1. The molecule has 0 fully saturated rings. The first-order valence-electron chi connectivity index (χ1n) is 32.1. The lowest BCUT2D eigenvalue weighted by Crippen LogP contribution is -2.16. The number of sulfonamides is 1. The number of hydrogen-bond acceptors (Lipinski definition) is 13. The fourth-order valence-corrected chi connectivity index (χ4v) is 12.3. The molecule has 0 aliphatic carbocycles. The summed E-state index contributed by atoms with van der Waals surface area (Å²) in [5.41, 5.74) is 11.5. The van der Waals surface area contributed by atoms with Crippen LogP contribution in [0.25, 0.3) is 45.0 Å². The Labute approximate surface area is 640 Å². The SMILES string of the molecule is CCc1ccc(C(=O)Nc2ccc(Cl)c(-c3ccccn3)c2)cc1.CS(=O)(=O)Nc1ccc(C(=O)Nc2ccc(Cl)c(-c3ccccn3)c2)c(Cl)c1.Cc1ccc(-c2cc(NC(=O)c3ccc(C(F)(F)F)nc3C)ccc2Cl)nc1.Cc1ccc(-c2cc(NC(=O)c3ccc(S(C)(=O)=O)cc3)ccc2Cl)nc1. The number of nitrogens with one attached hydrogen (secondary N) is 5. The van der Waals surface area contributed by atoms with Crippen molar-refractivity contribution < 1.29 is 49.2 Å². The maximum atomic E-state index is 12.7. The van der Waals surface area contributed by atoms with Crippen molar-refractivity contribution in [3.63, 3.8) is 0 Å². The number of aromatic nitrogens is 5. The number of nitrogens with zero attached hydrogens (tertiary/aromatic N) is 5. The van der Waals surface area contributed by atoms with Gasteiger partial charge in [-0.2, -0.15) is 13.2 Å². The third-order valence-electron chi connectivity index (χ3n) is 15.5. The molecular formula is C79H64Cl5F3N10O8S2. The number of amides is 4. The fraction of sp³-hybridized carbons (Fsp3) is 0.101. The molecule has 0 radical (unpaired) electrons. The minimum absolute atomic E-state index is 0.0123. The third kappa shape index (κ3) is 22.8. The highest BCUT2D eigenvalue weighted by molar-refractivity contribution is 7.92. The van der Waals surface area contributed by atoms with Crippen molar-refractivity contribution in [3.05, 3.63) is 313 Å². The van der Waals surface area contributed by atoms with Gasteiger partial charge in [-0.05, 0) is 220 Å². The summed E-state index contributed by atoms with van der Waals surface area (Å²) in [6, 6.07) is 58.6. The maximum Gasteiger partial charge on any atom is 0.433 e. The summed E-state index contributed by atoms with van der Waals surface area (Å²) in [7, 11) is -6.74. The van der Waals surface area contributed by atoms with E-state index in [1.807, 2.05) is 98.8 Å². The summed E-state index contributed by atoms with van der Waals surface area (Å²) >= 11 is 31.2. The molecule has 0 saturated carbocycles. The van der Waals surface area contributed by atoms with Crippen LogP contribution in [0.1, 0.15) is 76.4 Å². The van der Waals surface area contributed by atoms with Crippen molar-refractivity contribution >= 4 is 130 Å². The number of anilines is 5. The van der Waals surface area contributed by atoms with Crippen LogP contribution >= 0.6 is 58.0 Å². The Kier molecular flexibility index (Phi) is 26.9. The van der Waals surface area contributed by atoms with Gasteiger partial charge in [0.05, 0.1) is 75.9 Å². The van der Waals surface area contributed by atoms with Crippen molar-refractivity contribution in [3.8, 4) is 45.0 Å². The Bertz CT molecular complexity index is 5470. The van der Waals surface area contributed by atoms with E-state index >= 15 is 0 Å². The molecule has 12 rings (SSSR count). The van der Waals surface area contributed by atoms with Gasteiger partial charge in [0.25, 0.3) is 23.6 Å². The molecule has 5 heterocycles. The van der Waals surface area contributed by atoms with Gasteiger partial charge in [0.15, 0.2) is 9.84 Å². The van der Waals surface area contributed by atoms with E-state index in [1.165, 1.54) is 55.0 Å². The minimum Gasteiger partial charge on any atom is -0.322 e. The van der Waals surface area contributed by atoms with Crippen LogP contribution in [0, 0.1) is 20.8 Å². The number of pyridine rings is 5. The fourth-order valence-electron chi connectivity index (χ4n) is 9.98. The smallest absolute Gasteiger partial charge is 0.322 e. The normalized spacial score (nSPS) is 11.0. The van der Waals surface area contributed by atoms with Crippen molar-refractivity contribution in [2.45, 2.75) is 45.2 Å². The zero-order valence-corrected chi connectivity index (χ0v) is 63.0. The summed E-state index contributed by atoms with van der Waals surface area (Å²) in [6.45, 7) is 7.30. The number of hydrogen-bond donors (Lipinski definition) is 5. The van der Waals surface area contributed by atoms with Gasteiger partial charge in [-0.3, -0.25) is 43.8 Å². The third-order valence-corrected chi connectivity index (χ3v) is 18.8. The van der Waals surface area contributed by atoms with Crippen LogP contribution in [-0.2, 0) is 32.5 Å². The Morgan fingerprint density at radius 3 is 1.14 bits per heavy atom. The second kappa shape index (κ2) is 35.9. The van der Waals surface area contributed by atoms with E-state index in [0.29, 0.717) is 87.7 Å². The molecule has 5 aromatic heterocycles. The van der Waals surface area contributed by atoms with Crippen molar-refractivity contribution in [1.29, 1.82) is 0 Å². The van der Waals surface area contributed by atoms with Crippen LogP contribution < -0.4 is 26.0 Å². The molecule has 28 heteroatoms. The Morgan fingerprint density at radius 1 is 0.411 bits per heavy atom. The average Bonchev–Trinajstić information content (AvgIpc) is 0.834. The van der Waals surface area contributed by atoms with Gasteiger partial charge in [0.1, 0.15) is 5.69 Å². The molecule has 5 N–H and O–H groups in total. The van der Waals surface area contributed by atoms with Crippen LogP contribution in [0.5, 0.6) is 0 Å². The molecular weight excluding hydrogens is 1520 g/mol. The maximum absolute atomic E-state index is 12.7. The molecule has 0 atom stereocenters. The Balaban J connectivity index is 0.000000165. The second-order valence-electron chi connectivity index (χ2n) is 23.7. The predicted molar refractivity (Wildman–Crippen MR) is 419 cm³/mol. The van der Waals surface area contributed by atoms with E-state index in [-0.39, 0.29) is 44.2 Å². The molecule has 0 spiro atoms. The number of carbonyl (C=O) groups is 4. The van der Waals surface area contributed by atoms with Crippen molar-refractivity contribution in [2.24, 2.45) is 0 Å². The molecule has 12 aromatic rings. The molecule has 107 heavy (non-hydrogen) atoms. The molecule has 0 aliphatic heterocycles. The number of carbonyl (C=O) groups excluding carboxylic acids is 4. The zero-order chi connectivity index (χ0) is 77.3. The predicted octanol–water partition coefficient (Wildman–Crippen LogP) is 19.9. The van der Waals surface area contributed by atoms with Gasteiger partial charge >= 0.3 is 6.18 Å². The number of aryl methyl sites for hydroxylation is 4. The van der Waals surface area contributed by atoms with E-state index in [1.54, 1.807) is 97.6 Å². The first-order valence-corrected chi connectivity index (χ1v) is 37.8. The molecule has 18 nitrogen and oxygen atoms in total. The highest BCUT2D eigenvalue weighted by Crippen LogP contribution is 2.35. The van der Waals surface area contributed by atoms with Crippen molar-refractivity contribution in [2.75, 3.05) is 38.5 Å². The number of halogens is 8. The monoisotopic (exact) mass is 1580 g/mol. The Morgan fingerprint density at radius 2 is 0.794 bits per heavy atom. The van der Waals surface area contributed by atoms with Crippen LogP contribution in [0.3, 0.4) is 0 Å². The molecule has 0 bridgehead atoms. The highest BCUT2D eigenvalue weighted by atomic mass is 35.5. The summed E-state index contributed by atoms with van der Waals surface area (Å²) in [5.74, 6) is -1.50. The lowest BCUT2D eigenvalue weighted by molar-refractivity contribution is -0.141. The van der Waals surface area contributed by atoms with Gasteiger partial charge in [-0.1, -0.05) is 101 Å². The van der Waals surface area contributed by atoms with Gasteiger partial charge in [0, 0.05) is 92.9 Å². The van der Waals surface area contributed by atoms with Gasteiger partial charge in [-0.25, -0.2) is 21.8 Å². The number of benzene rings is 7. The first-order chi connectivity index (χ1) is 50.8. The Hall–Kier alpha value is -10.9.